The van der Waals surface area contributed by atoms with E-state index in [4.69, 9.17) is 4.74 Å². The van der Waals surface area contributed by atoms with Gasteiger partial charge in [0.1, 0.15) is 6.61 Å². The van der Waals surface area contributed by atoms with Gasteiger partial charge in [-0.2, -0.15) is 0 Å². The van der Waals surface area contributed by atoms with Gasteiger partial charge < -0.3 is 9.64 Å². The maximum Gasteiger partial charge on any atom is 0.308 e. The Morgan fingerprint density at radius 1 is 1.38 bits per heavy atom. The normalized spacial score (nSPS) is 10.9. The molecule has 0 radical (unpaired) electrons. The van der Waals surface area contributed by atoms with Crippen LogP contribution in [0.5, 0.6) is 0 Å². The topological polar surface area (TPSA) is 29.5 Å². The smallest absolute Gasteiger partial charge is 0.308 e. The molecule has 3 heteroatoms. The van der Waals surface area contributed by atoms with Gasteiger partial charge in [-0.05, 0) is 20.0 Å². The highest BCUT2D eigenvalue weighted by Crippen LogP contribution is 1.95. The van der Waals surface area contributed by atoms with E-state index in [0.29, 0.717) is 6.61 Å². The van der Waals surface area contributed by atoms with Crippen molar-refractivity contribution in [2.45, 2.75) is 27.2 Å². The van der Waals surface area contributed by atoms with Gasteiger partial charge in [-0.25, -0.2) is 0 Å². The minimum Gasteiger partial charge on any atom is -0.464 e. The minimum absolute atomic E-state index is 0.0171. The summed E-state index contributed by atoms with van der Waals surface area (Å²) in [4.78, 5) is 13.2. The zero-order valence-corrected chi connectivity index (χ0v) is 9.17. The third kappa shape index (κ3) is 6.58. The molecule has 0 fully saturated rings. The van der Waals surface area contributed by atoms with Crippen molar-refractivity contribution in [3.63, 3.8) is 0 Å². The first kappa shape index (κ1) is 12.4. The van der Waals surface area contributed by atoms with Crippen LogP contribution in [0.3, 0.4) is 0 Å². The number of nitrogens with zero attached hydrogens (tertiary/aromatic N) is 1. The second-order valence-electron chi connectivity index (χ2n) is 3.63. The first-order valence-corrected chi connectivity index (χ1v) is 4.93. The number of hydrogen-bond donors (Lipinski definition) is 0. The van der Waals surface area contributed by atoms with Crippen molar-refractivity contribution >= 4 is 5.97 Å². The van der Waals surface area contributed by atoms with Crippen molar-refractivity contribution in [2.75, 3.05) is 26.7 Å². The molecule has 3 nitrogen and oxygen atoms in total. The molecule has 0 aliphatic heterocycles. The Kier molecular flexibility index (Phi) is 6.59. The molecule has 0 aliphatic rings. The summed E-state index contributed by atoms with van der Waals surface area (Å²) in [5.41, 5.74) is 0. The third-order valence-corrected chi connectivity index (χ3v) is 1.79. The van der Waals surface area contributed by atoms with Gasteiger partial charge in [-0.1, -0.05) is 20.8 Å². The predicted molar refractivity (Wildman–Crippen MR) is 53.6 cm³/mol. The van der Waals surface area contributed by atoms with E-state index in [1.165, 1.54) is 0 Å². The molecule has 78 valence electrons. The van der Waals surface area contributed by atoms with Gasteiger partial charge in [0, 0.05) is 6.54 Å². The fourth-order valence-corrected chi connectivity index (χ4v) is 0.962. The van der Waals surface area contributed by atoms with E-state index in [1.54, 1.807) is 0 Å². The van der Waals surface area contributed by atoms with Crippen LogP contribution in [-0.2, 0) is 9.53 Å². The van der Waals surface area contributed by atoms with Crippen LogP contribution in [0.4, 0.5) is 0 Å². The number of likely N-dealkylation sites (N-methyl/N-ethyl adjacent to an activating group) is 1. The van der Waals surface area contributed by atoms with Gasteiger partial charge in [0.05, 0.1) is 5.92 Å². The molecule has 0 spiro atoms. The van der Waals surface area contributed by atoms with Crippen LogP contribution in [0.1, 0.15) is 27.2 Å². The van der Waals surface area contributed by atoms with Crippen LogP contribution < -0.4 is 0 Å². The summed E-state index contributed by atoms with van der Waals surface area (Å²) in [7, 11) is 2.03. The molecule has 0 aromatic carbocycles. The Morgan fingerprint density at radius 2 is 2.00 bits per heavy atom. The summed E-state index contributed by atoms with van der Waals surface area (Å²) in [5, 5.41) is 0. The Hall–Kier alpha value is -0.570. The number of esters is 1. The van der Waals surface area contributed by atoms with Gasteiger partial charge >= 0.3 is 5.97 Å². The second kappa shape index (κ2) is 6.89. The molecule has 0 bridgehead atoms. The molecular formula is C10H21NO2. The molecule has 0 aromatic heterocycles. The van der Waals surface area contributed by atoms with E-state index >= 15 is 0 Å². The van der Waals surface area contributed by atoms with Crippen molar-refractivity contribution in [1.82, 2.24) is 4.90 Å². The summed E-state index contributed by atoms with van der Waals surface area (Å²) < 4.78 is 5.04. The second-order valence-corrected chi connectivity index (χ2v) is 3.63. The van der Waals surface area contributed by atoms with Crippen molar-refractivity contribution in [2.24, 2.45) is 5.92 Å². The average Bonchev–Trinajstić information content (AvgIpc) is 2.04. The molecule has 0 heterocycles. The van der Waals surface area contributed by atoms with Gasteiger partial charge in [0.15, 0.2) is 0 Å². The summed E-state index contributed by atoms with van der Waals surface area (Å²) >= 11 is 0. The molecule has 0 aliphatic carbocycles. The Labute approximate surface area is 81.1 Å². The molecule has 0 amide bonds. The molecule has 13 heavy (non-hydrogen) atoms. The fraction of sp³-hybridized carbons (Fsp3) is 0.900. The number of carbonyl (C=O) groups excluding carboxylic acids is 1. The van der Waals surface area contributed by atoms with E-state index < -0.39 is 0 Å². The summed E-state index contributed by atoms with van der Waals surface area (Å²) in [6.07, 6.45) is 1.13. The summed E-state index contributed by atoms with van der Waals surface area (Å²) in [5.74, 6) is -0.124. The lowest BCUT2D eigenvalue weighted by atomic mass is 10.2. The highest BCUT2D eigenvalue weighted by atomic mass is 16.5. The quantitative estimate of drug-likeness (QED) is 0.591. The van der Waals surface area contributed by atoms with E-state index in [1.807, 2.05) is 20.9 Å². The SMILES string of the molecule is CCCN(C)CCOC(=O)C(C)C. The van der Waals surface area contributed by atoms with E-state index in [0.717, 1.165) is 19.5 Å². The predicted octanol–water partition coefficient (Wildman–Crippen LogP) is 1.53. The van der Waals surface area contributed by atoms with E-state index in [-0.39, 0.29) is 11.9 Å². The van der Waals surface area contributed by atoms with Gasteiger partial charge in [-0.15, -0.1) is 0 Å². The largest absolute Gasteiger partial charge is 0.464 e. The lowest BCUT2D eigenvalue weighted by molar-refractivity contribution is -0.147. The average molecular weight is 187 g/mol. The molecule has 0 unspecified atom stereocenters. The van der Waals surface area contributed by atoms with Crippen LogP contribution in [0.15, 0.2) is 0 Å². The van der Waals surface area contributed by atoms with E-state index in [2.05, 4.69) is 11.8 Å². The summed E-state index contributed by atoms with van der Waals surface area (Å²) in [6.45, 7) is 8.21. The van der Waals surface area contributed by atoms with Crippen molar-refractivity contribution in [1.29, 1.82) is 0 Å². The maximum absolute atomic E-state index is 11.0. The minimum atomic E-state index is -0.107. The molecule has 0 rings (SSSR count). The first-order valence-electron chi connectivity index (χ1n) is 4.93. The highest BCUT2D eigenvalue weighted by Gasteiger charge is 2.07. The zero-order valence-electron chi connectivity index (χ0n) is 9.17. The molecule has 0 saturated carbocycles. The van der Waals surface area contributed by atoms with Crippen LogP contribution in [0.25, 0.3) is 0 Å². The molecule has 0 saturated heterocycles. The molecule has 0 N–H and O–H groups in total. The molecule has 0 atom stereocenters. The van der Waals surface area contributed by atoms with Crippen LogP contribution in [0, 0.1) is 5.92 Å². The van der Waals surface area contributed by atoms with Gasteiger partial charge in [0.2, 0.25) is 0 Å². The van der Waals surface area contributed by atoms with Crippen molar-refractivity contribution in [3.8, 4) is 0 Å². The van der Waals surface area contributed by atoms with Gasteiger partial charge in [-0.3, -0.25) is 4.79 Å². The fourth-order valence-electron chi connectivity index (χ4n) is 0.962. The third-order valence-electron chi connectivity index (χ3n) is 1.79. The van der Waals surface area contributed by atoms with Crippen molar-refractivity contribution in [3.05, 3.63) is 0 Å². The Bertz CT molecular complexity index is 146. The summed E-state index contributed by atoms with van der Waals surface area (Å²) in [6, 6.07) is 0. The van der Waals surface area contributed by atoms with Crippen LogP contribution in [-0.4, -0.2) is 37.6 Å². The lowest BCUT2D eigenvalue weighted by Gasteiger charge is -2.15. The number of hydrogen-bond acceptors (Lipinski definition) is 3. The van der Waals surface area contributed by atoms with E-state index in [9.17, 15) is 4.79 Å². The Morgan fingerprint density at radius 3 is 2.46 bits per heavy atom. The number of carbonyl (C=O) groups is 1. The highest BCUT2D eigenvalue weighted by molar-refractivity contribution is 5.71. The first-order chi connectivity index (χ1) is 6.07. The van der Waals surface area contributed by atoms with Crippen LogP contribution >= 0.6 is 0 Å². The number of ether oxygens (including phenoxy) is 1. The maximum atomic E-state index is 11.0. The Balaban J connectivity index is 3.39. The van der Waals surface area contributed by atoms with Crippen LogP contribution in [0.2, 0.25) is 0 Å². The van der Waals surface area contributed by atoms with Crippen molar-refractivity contribution < 1.29 is 9.53 Å². The lowest BCUT2D eigenvalue weighted by Crippen LogP contribution is -2.26. The monoisotopic (exact) mass is 187 g/mol. The van der Waals surface area contributed by atoms with Gasteiger partial charge in [0.25, 0.3) is 0 Å². The molecular weight excluding hydrogens is 166 g/mol. The number of rotatable bonds is 6. The molecule has 0 aromatic rings. The standard InChI is InChI=1S/C10H21NO2/c1-5-6-11(4)7-8-13-10(12)9(2)3/h9H,5-8H2,1-4H3. The zero-order chi connectivity index (χ0) is 10.3.